The van der Waals surface area contributed by atoms with Crippen LogP contribution >= 0.6 is 11.6 Å². The number of urea groups is 1. The average molecular weight is 485 g/mol. The van der Waals surface area contributed by atoms with Crippen molar-refractivity contribution in [3.8, 4) is 5.75 Å². The van der Waals surface area contributed by atoms with Crippen molar-refractivity contribution < 1.29 is 24.2 Å². The maximum Gasteiger partial charge on any atom is 0.321 e. The fourth-order valence-electron chi connectivity index (χ4n) is 4.59. The van der Waals surface area contributed by atoms with E-state index in [1.807, 2.05) is 12.1 Å². The summed E-state index contributed by atoms with van der Waals surface area (Å²) in [6.45, 7) is 1.03. The molecule has 34 heavy (non-hydrogen) atoms. The molecule has 1 heterocycles. The molecule has 1 aliphatic heterocycles. The number of amides is 2. The second-order valence-electron chi connectivity index (χ2n) is 8.89. The Morgan fingerprint density at radius 1 is 1.06 bits per heavy atom. The highest BCUT2D eigenvalue weighted by Crippen LogP contribution is 2.31. The quantitative estimate of drug-likeness (QED) is 0.401. The van der Waals surface area contributed by atoms with Gasteiger partial charge in [0.15, 0.2) is 5.78 Å². The molecule has 0 spiro atoms. The average Bonchev–Trinajstić information content (AvgIpc) is 3.25. The second-order valence-corrected chi connectivity index (χ2v) is 9.32. The van der Waals surface area contributed by atoms with E-state index in [-0.39, 0.29) is 23.8 Å². The number of hydrogen-bond donors (Lipinski definition) is 2. The van der Waals surface area contributed by atoms with Crippen molar-refractivity contribution in [3.63, 3.8) is 0 Å². The van der Waals surface area contributed by atoms with Gasteiger partial charge in [0.1, 0.15) is 5.75 Å². The van der Waals surface area contributed by atoms with Gasteiger partial charge in [0.05, 0.1) is 17.7 Å². The number of benzene rings is 2. The minimum Gasteiger partial charge on any atom is -0.490 e. The molecule has 0 atom stereocenters. The van der Waals surface area contributed by atoms with E-state index in [4.69, 9.17) is 21.4 Å². The Morgan fingerprint density at radius 2 is 1.79 bits per heavy atom. The topological polar surface area (TPSA) is 95.9 Å². The van der Waals surface area contributed by atoms with Crippen LogP contribution in [-0.4, -0.2) is 42.1 Å². The number of hydrogen-bond acceptors (Lipinski definition) is 4. The van der Waals surface area contributed by atoms with E-state index in [0.717, 1.165) is 30.5 Å². The van der Waals surface area contributed by atoms with Crippen LogP contribution in [0.15, 0.2) is 42.5 Å². The lowest BCUT2D eigenvalue weighted by molar-refractivity contribution is -0.143. The molecule has 1 aliphatic carbocycles. The van der Waals surface area contributed by atoms with E-state index >= 15 is 0 Å². The molecule has 4 rings (SSSR count). The number of aliphatic carboxylic acids is 1. The van der Waals surface area contributed by atoms with E-state index in [2.05, 4.69) is 5.32 Å². The zero-order chi connectivity index (χ0) is 24.1. The van der Waals surface area contributed by atoms with Gasteiger partial charge in [-0.15, -0.1) is 0 Å². The number of rotatable bonds is 8. The number of Topliss-reactive ketones (excluding diaryl/α,β-unsaturated/α-hetero) is 1. The molecule has 2 aliphatic rings. The highest BCUT2D eigenvalue weighted by atomic mass is 35.5. The maximum absolute atomic E-state index is 12.5. The Bertz CT molecular complexity index is 1050. The molecule has 2 aromatic rings. The standard InChI is InChI=1S/C26H29ClN2O5/c27-20-8-3-17-13-15-29(23(17)16-20)26(33)28-14-1-2-24(30)18-4-9-21(10-5-18)34-22-11-6-19(7-12-22)25(31)32/h3-5,8-10,16,19,22H,1-2,6-7,11-15H2,(H,28,33)(H,31,32). The first kappa shape index (κ1) is 24.1. The Labute approximate surface area is 204 Å². The normalized spacial score (nSPS) is 19.4. The zero-order valence-corrected chi connectivity index (χ0v) is 19.7. The number of carbonyl (C=O) groups excluding carboxylic acids is 2. The van der Waals surface area contributed by atoms with Crippen LogP contribution in [0, 0.1) is 5.92 Å². The van der Waals surface area contributed by atoms with Gasteiger partial charge in [-0.25, -0.2) is 4.79 Å². The van der Waals surface area contributed by atoms with Crippen molar-refractivity contribution in [2.75, 3.05) is 18.0 Å². The summed E-state index contributed by atoms with van der Waals surface area (Å²) < 4.78 is 5.96. The van der Waals surface area contributed by atoms with Crippen LogP contribution in [0.5, 0.6) is 5.75 Å². The molecule has 0 radical (unpaired) electrons. The molecule has 0 saturated heterocycles. The Morgan fingerprint density at radius 3 is 2.50 bits per heavy atom. The predicted molar refractivity (Wildman–Crippen MR) is 130 cm³/mol. The maximum atomic E-state index is 12.5. The number of carboxylic acids is 1. The summed E-state index contributed by atoms with van der Waals surface area (Å²) in [6.07, 6.45) is 4.41. The molecule has 2 aromatic carbocycles. The lowest BCUT2D eigenvalue weighted by atomic mass is 9.87. The van der Waals surface area contributed by atoms with Crippen molar-refractivity contribution in [1.29, 1.82) is 0 Å². The summed E-state index contributed by atoms with van der Waals surface area (Å²) in [4.78, 5) is 37.8. The smallest absolute Gasteiger partial charge is 0.321 e. The fourth-order valence-corrected chi connectivity index (χ4v) is 4.75. The minimum atomic E-state index is -0.729. The molecule has 1 saturated carbocycles. The first-order chi connectivity index (χ1) is 16.4. The van der Waals surface area contributed by atoms with Gasteiger partial charge in [0, 0.05) is 30.1 Å². The number of nitrogens with zero attached hydrogens (tertiary/aromatic N) is 1. The van der Waals surface area contributed by atoms with E-state index in [1.54, 1.807) is 35.2 Å². The van der Waals surface area contributed by atoms with E-state index in [0.29, 0.717) is 55.1 Å². The highest BCUT2D eigenvalue weighted by molar-refractivity contribution is 6.31. The first-order valence-corrected chi connectivity index (χ1v) is 12.1. The van der Waals surface area contributed by atoms with E-state index < -0.39 is 5.97 Å². The van der Waals surface area contributed by atoms with Crippen LogP contribution in [0.25, 0.3) is 0 Å². The zero-order valence-electron chi connectivity index (χ0n) is 19.0. The second kappa shape index (κ2) is 10.9. The molecule has 0 bridgehead atoms. The van der Waals surface area contributed by atoms with Crippen molar-refractivity contribution in [2.45, 2.75) is 51.0 Å². The van der Waals surface area contributed by atoms with Crippen LogP contribution in [0.1, 0.15) is 54.4 Å². The number of anilines is 1. The van der Waals surface area contributed by atoms with Crippen molar-refractivity contribution >= 4 is 35.1 Å². The van der Waals surface area contributed by atoms with E-state index in [1.165, 1.54) is 0 Å². The number of carbonyl (C=O) groups is 3. The number of ketones is 1. The Balaban J connectivity index is 1.18. The molecule has 0 unspecified atom stereocenters. The van der Waals surface area contributed by atoms with Gasteiger partial charge in [-0.1, -0.05) is 17.7 Å². The van der Waals surface area contributed by atoms with Gasteiger partial charge in [0.2, 0.25) is 0 Å². The third-order valence-electron chi connectivity index (χ3n) is 6.55. The van der Waals surface area contributed by atoms with Gasteiger partial charge in [-0.2, -0.15) is 0 Å². The Kier molecular flexibility index (Phi) is 7.73. The summed E-state index contributed by atoms with van der Waals surface area (Å²) in [7, 11) is 0. The number of ether oxygens (including phenoxy) is 1. The Hall–Kier alpha value is -3.06. The lowest BCUT2D eigenvalue weighted by Crippen LogP contribution is -2.39. The number of nitrogens with one attached hydrogen (secondary N) is 1. The molecular weight excluding hydrogens is 456 g/mol. The SMILES string of the molecule is O=C(CCCNC(=O)N1CCc2ccc(Cl)cc21)c1ccc(OC2CCC(C(=O)O)CC2)cc1. The first-order valence-electron chi connectivity index (χ1n) is 11.8. The van der Waals surface area contributed by atoms with Crippen molar-refractivity contribution in [2.24, 2.45) is 5.92 Å². The molecule has 1 fully saturated rings. The van der Waals surface area contributed by atoms with Crippen LogP contribution in [0.3, 0.4) is 0 Å². The van der Waals surface area contributed by atoms with Gasteiger partial charge in [-0.05, 0) is 80.5 Å². The molecule has 180 valence electrons. The summed E-state index contributed by atoms with van der Waals surface area (Å²) >= 11 is 6.06. The third-order valence-corrected chi connectivity index (χ3v) is 6.78. The van der Waals surface area contributed by atoms with Crippen LogP contribution < -0.4 is 15.0 Å². The predicted octanol–water partition coefficient (Wildman–Crippen LogP) is 5.10. The van der Waals surface area contributed by atoms with Gasteiger partial charge in [-0.3, -0.25) is 14.5 Å². The minimum absolute atomic E-state index is 0.0133. The number of fused-ring (bicyclic) bond motifs is 1. The lowest BCUT2D eigenvalue weighted by Gasteiger charge is -2.26. The number of carboxylic acid groups (broad SMARTS) is 1. The summed E-state index contributed by atoms with van der Waals surface area (Å²) in [5, 5.41) is 12.6. The summed E-state index contributed by atoms with van der Waals surface area (Å²) in [5.41, 5.74) is 2.56. The van der Waals surface area contributed by atoms with Gasteiger partial charge < -0.3 is 15.2 Å². The molecule has 2 N–H and O–H groups in total. The monoisotopic (exact) mass is 484 g/mol. The molecule has 7 nitrogen and oxygen atoms in total. The summed E-state index contributed by atoms with van der Waals surface area (Å²) in [5.74, 6) is -0.295. The van der Waals surface area contributed by atoms with Crippen LogP contribution in [0.4, 0.5) is 10.5 Å². The highest BCUT2D eigenvalue weighted by Gasteiger charge is 2.27. The van der Waals surface area contributed by atoms with Crippen LogP contribution in [0.2, 0.25) is 5.02 Å². The molecular formula is C26H29ClN2O5. The van der Waals surface area contributed by atoms with E-state index in [9.17, 15) is 14.4 Å². The van der Waals surface area contributed by atoms with Crippen LogP contribution in [-0.2, 0) is 11.2 Å². The van der Waals surface area contributed by atoms with Gasteiger partial charge in [0.25, 0.3) is 0 Å². The van der Waals surface area contributed by atoms with Gasteiger partial charge >= 0.3 is 12.0 Å². The third kappa shape index (κ3) is 5.89. The molecule has 8 heteroatoms. The van der Waals surface area contributed by atoms with Crippen molar-refractivity contribution in [3.05, 3.63) is 58.6 Å². The molecule has 0 aromatic heterocycles. The van der Waals surface area contributed by atoms with Crippen molar-refractivity contribution in [1.82, 2.24) is 5.32 Å². The fraction of sp³-hybridized carbons (Fsp3) is 0.423. The molecule has 2 amide bonds. The largest absolute Gasteiger partial charge is 0.490 e. The summed E-state index contributed by atoms with van der Waals surface area (Å²) in [6, 6.07) is 12.5. The number of halogens is 1.